The Morgan fingerprint density at radius 1 is 1.09 bits per heavy atom. The maximum absolute atomic E-state index is 13.7. The lowest BCUT2D eigenvalue weighted by Gasteiger charge is -2.34. The van der Waals surface area contributed by atoms with Gasteiger partial charge in [0.25, 0.3) is 0 Å². The van der Waals surface area contributed by atoms with E-state index in [2.05, 4.69) is 10.2 Å². The molecule has 0 bridgehead atoms. The zero-order valence-corrected chi connectivity index (χ0v) is 12.9. The van der Waals surface area contributed by atoms with Crippen molar-refractivity contribution < 1.29 is 18.4 Å². The first-order chi connectivity index (χ1) is 10.9. The molecule has 1 aliphatic heterocycles. The van der Waals surface area contributed by atoms with Crippen LogP contribution in [0.1, 0.15) is 12.8 Å². The van der Waals surface area contributed by atoms with Gasteiger partial charge in [-0.05, 0) is 32.0 Å². The monoisotopic (exact) mass is 323 g/mol. The number of anilines is 1. The van der Waals surface area contributed by atoms with Crippen molar-refractivity contribution in [3.63, 3.8) is 0 Å². The zero-order chi connectivity index (χ0) is 16.6. The van der Waals surface area contributed by atoms with Crippen molar-refractivity contribution in [1.82, 2.24) is 9.80 Å². The Labute approximate surface area is 133 Å². The van der Waals surface area contributed by atoms with Crippen LogP contribution in [0.25, 0.3) is 0 Å². The largest absolute Gasteiger partial charge is 0.339 e. The average Bonchev–Trinajstić information content (AvgIpc) is 3.33. The quantitative estimate of drug-likeness (QED) is 0.857. The number of hydrogen-bond acceptors (Lipinski definition) is 3. The van der Waals surface area contributed by atoms with E-state index in [9.17, 15) is 18.4 Å². The van der Waals surface area contributed by atoms with Crippen molar-refractivity contribution >= 4 is 17.5 Å². The molecule has 1 N–H and O–H groups in total. The van der Waals surface area contributed by atoms with Crippen LogP contribution in [0.4, 0.5) is 14.5 Å². The highest BCUT2D eigenvalue weighted by Crippen LogP contribution is 2.48. The molecule has 2 fully saturated rings. The molecule has 23 heavy (non-hydrogen) atoms. The van der Waals surface area contributed by atoms with Gasteiger partial charge in [0.2, 0.25) is 11.8 Å². The summed E-state index contributed by atoms with van der Waals surface area (Å²) in [6.07, 6.45) is 0.833. The van der Waals surface area contributed by atoms with Gasteiger partial charge in [-0.1, -0.05) is 6.07 Å². The van der Waals surface area contributed by atoms with Gasteiger partial charge in [-0.3, -0.25) is 9.59 Å². The van der Waals surface area contributed by atoms with Gasteiger partial charge in [-0.15, -0.1) is 0 Å². The lowest BCUT2D eigenvalue weighted by Crippen LogP contribution is -2.51. The third-order valence-electron chi connectivity index (χ3n) is 4.59. The minimum atomic E-state index is -1.16. The van der Waals surface area contributed by atoms with Crippen molar-refractivity contribution in [1.29, 1.82) is 0 Å². The Kier molecular flexibility index (Phi) is 4.06. The Hall–Kier alpha value is -2.02. The summed E-state index contributed by atoms with van der Waals surface area (Å²) >= 11 is 0. The summed E-state index contributed by atoms with van der Waals surface area (Å²) in [5, 5.41) is 2.26. The molecule has 5 nitrogen and oxygen atoms in total. The fraction of sp³-hybridized carbons (Fsp3) is 0.500. The first-order valence-electron chi connectivity index (χ1n) is 7.67. The van der Waals surface area contributed by atoms with E-state index in [0.717, 1.165) is 25.2 Å². The van der Waals surface area contributed by atoms with E-state index >= 15 is 0 Å². The first-order valence-corrected chi connectivity index (χ1v) is 7.67. The summed E-state index contributed by atoms with van der Waals surface area (Å²) in [6, 6.07) is 3.36. The van der Waals surface area contributed by atoms with Gasteiger partial charge in [0, 0.05) is 26.2 Å². The smallest absolute Gasteiger partial charge is 0.240 e. The second kappa shape index (κ2) is 5.88. The van der Waals surface area contributed by atoms with Crippen LogP contribution in [0.2, 0.25) is 0 Å². The molecule has 1 saturated carbocycles. The molecular formula is C16H19F2N3O2. The van der Waals surface area contributed by atoms with Gasteiger partial charge in [-0.2, -0.15) is 0 Å². The Morgan fingerprint density at radius 2 is 1.65 bits per heavy atom. The number of hydrogen-bond donors (Lipinski definition) is 1. The molecule has 0 aromatic heterocycles. The molecule has 0 spiro atoms. The number of halogens is 2. The molecule has 1 aliphatic carbocycles. The molecule has 2 aliphatic rings. The number of amides is 2. The molecule has 2 amide bonds. The molecule has 0 unspecified atom stereocenters. The summed E-state index contributed by atoms with van der Waals surface area (Å²) < 4.78 is 27.3. The number of carbonyl (C=O) groups excluding carboxylic acids is 2. The van der Waals surface area contributed by atoms with Crippen molar-refractivity contribution in [2.75, 3.05) is 38.5 Å². The topological polar surface area (TPSA) is 52.7 Å². The molecule has 7 heteroatoms. The number of nitrogens with one attached hydrogen (secondary N) is 1. The maximum Gasteiger partial charge on any atom is 0.240 e. The van der Waals surface area contributed by atoms with E-state index < -0.39 is 28.6 Å². The van der Waals surface area contributed by atoms with Crippen molar-refractivity contribution in [2.24, 2.45) is 5.41 Å². The predicted octanol–water partition coefficient (Wildman–Crippen LogP) is 1.46. The normalized spacial score (nSPS) is 20.2. The first kappa shape index (κ1) is 15.9. The minimum Gasteiger partial charge on any atom is -0.339 e. The van der Waals surface area contributed by atoms with Crippen molar-refractivity contribution in [3.05, 3.63) is 29.8 Å². The highest BCUT2D eigenvalue weighted by atomic mass is 19.1. The molecule has 1 heterocycles. The summed E-state index contributed by atoms with van der Waals surface area (Å²) in [4.78, 5) is 28.9. The molecule has 1 aromatic carbocycles. The molecule has 1 saturated heterocycles. The van der Waals surface area contributed by atoms with Crippen molar-refractivity contribution in [2.45, 2.75) is 12.8 Å². The summed E-state index contributed by atoms with van der Waals surface area (Å²) in [6.45, 7) is 2.65. The molecule has 3 rings (SSSR count). The number of para-hydroxylation sites is 1. The van der Waals surface area contributed by atoms with Crippen LogP contribution in [0.15, 0.2) is 18.2 Å². The van der Waals surface area contributed by atoms with E-state index in [1.54, 1.807) is 4.90 Å². The molecular weight excluding hydrogens is 304 g/mol. The zero-order valence-electron chi connectivity index (χ0n) is 12.9. The molecule has 124 valence electrons. The number of nitrogens with zero attached hydrogens (tertiary/aromatic N) is 2. The van der Waals surface area contributed by atoms with Gasteiger partial charge in [0.15, 0.2) is 0 Å². The SMILES string of the molecule is CN1CCN(C(=O)C2(C(=O)Nc3c(F)cccc3F)CC2)CC1. The standard InChI is InChI=1S/C16H19F2N3O2/c1-20-7-9-21(10-8-20)15(23)16(5-6-16)14(22)19-13-11(17)3-2-4-12(13)18/h2-4H,5-10H2,1H3,(H,19,22). The van der Waals surface area contributed by atoms with Gasteiger partial charge in [0.1, 0.15) is 22.7 Å². The van der Waals surface area contributed by atoms with E-state index in [4.69, 9.17) is 0 Å². The number of rotatable bonds is 3. The van der Waals surface area contributed by atoms with Crippen LogP contribution in [-0.2, 0) is 9.59 Å². The van der Waals surface area contributed by atoms with Crippen molar-refractivity contribution in [3.8, 4) is 0 Å². The summed E-state index contributed by atoms with van der Waals surface area (Å²) in [7, 11) is 1.97. The van der Waals surface area contributed by atoms with Gasteiger partial charge < -0.3 is 15.1 Å². The fourth-order valence-electron chi connectivity index (χ4n) is 2.83. The van der Waals surface area contributed by atoms with Crippen LogP contribution in [0, 0.1) is 17.0 Å². The molecule has 0 radical (unpaired) electrons. The second-order valence-corrected chi connectivity index (χ2v) is 6.23. The molecule has 0 atom stereocenters. The Morgan fingerprint density at radius 3 is 2.17 bits per heavy atom. The van der Waals surface area contributed by atoms with Crippen LogP contribution < -0.4 is 5.32 Å². The number of piperazine rings is 1. The highest BCUT2D eigenvalue weighted by Gasteiger charge is 2.58. The van der Waals surface area contributed by atoms with E-state index in [-0.39, 0.29) is 5.91 Å². The third-order valence-corrected chi connectivity index (χ3v) is 4.59. The van der Waals surface area contributed by atoms with E-state index in [1.165, 1.54) is 6.07 Å². The van der Waals surface area contributed by atoms with Gasteiger partial charge in [0.05, 0.1) is 0 Å². The Balaban J connectivity index is 1.73. The van der Waals surface area contributed by atoms with Gasteiger partial charge >= 0.3 is 0 Å². The number of benzene rings is 1. The minimum absolute atomic E-state index is 0.236. The van der Waals surface area contributed by atoms with Gasteiger partial charge in [-0.25, -0.2) is 8.78 Å². The second-order valence-electron chi connectivity index (χ2n) is 6.23. The van der Waals surface area contributed by atoms with Crippen LogP contribution in [0.3, 0.4) is 0 Å². The third kappa shape index (κ3) is 2.93. The lowest BCUT2D eigenvalue weighted by molar-refractivity contribution is -0.143. The lowest BCUT2D eigenvalue weighted by atomic mass is 10.0. The van der Waals surface area contributed by atoms with E-state index in [1.807, 2.05) is 7.05 Å². The van der Waals surface area contributed by atoms with Crippen LogP contribution >= 0.6 is 0 Å². The predicted molar refractivity (Wildman–Crippen MR) is 80.7 cm³/mol. The summed E-state index contributed by atoms with van der Waals surface area (Å²) in [5.41, 5.74) is -1.65. The van der Waals surface area contributed by atoms with Crippen LogP contribution in [0.5, 0.6) is 0 Å². The van der Waals surface area contributed by atoms with E-state index in [0.29, 0.717) is 25.9 Å². The Bertz CT molecular complexity index is 618. The summed E-state index contributed by atoms with van der Waals surface area (Å²) in [5.74, 6) is -2.55. The highest BCUT2D eigenvalue weighted by molar-refractivity contribution is 6.13. The number of likely N-dealkylation sites (N-methyl/N-ethyl adjacent to an activating group) is 1. The molecule has 1 aromatic rings. The number of carbonyl (C=O) groups is 2. The van der Waals surface area contributed by atoms with Crippen LogP contribution in [-0.4, -0.2) is 54.8 Å². The maximum atomic E-state index is 13.7. The fourth-order valence-corrected chi connectivity index (χ4v) is 2.83. The average molecular weight is 323 g/mol.